The van der Waals surface area contributed by atoms with Crippen LogP contribution in [0.15, 0.2) is 9.55 Å². The van der Waals surface area contributed by atoms with Gasteiger partial charge in [0.1, 0.15) is 10.8 Å². The van der Waals surface area contributed by atoms with E-state index in [2.05, 4.69) is 20.3 Å². The molecule has 1 spiro atoms. The maximum atomic E-state index is 12.8. The molecule has 0 saturated heterocycles. The van der Waals surface area contributed by atoms with Crippen LogP contribution in [0.2, 0.25) is 0 Å². The van der Waals surface area contributed by atoms with Gasteiger partial charge in [-0.1, -0.05) is 11.6 Å². The van der Waals surface area contributed by atoms with Gasteiger partial charge in [0.15, 0.2) is 22.9 Å². The highest BCUT2D eigenvalue weighted by atomic mass is 32.2. The molecule has 5 rings (SSSR count). The van der Waals surface area contributed by atoms with E-state index in [9.17, 15) is 4.79 Å². The molecule has 0 unspecified atom stereocenters. The average Bonchev–Trinajstić information content (AvgIpc) is 3.28. The van der Waals surface area contributed by atoms with Gasteiger partial charge in [0, 0.05) is 17.7 Å². The van der Waals surface area contributed by atoms with Gasteiger partial charge < -0.3 is 4.52 Å². The fourth-order valence-corrected chi connectivity index (χ4v) is 5.28. The molecular weight excluding hydrogens is 362 g/mol. The lowest BCUT2D eigenvalue weighted by atomic mass is 9.64. The molecule has 3 aromatic heterocycles. The monoisotopic (exact) mass is 383 g/mol. The van der Waals surface area contributed by atoms with Crippen molar-refractivity contribution in [1.29, 1.82) is 0 Å². The molecule has 27 heavy (non-hydrogen) atoms. The predicted octanol–water partition coefficient (Wildman–Crippen LogP) is 3.76. The van der Waals surface area contributed by atoms with Crippen LogP contribution in [-0.4, -0.2) is 37.4 Å². The highest BCUT2D eigenvalue weighted by Crippen LogP contribution is 2.47. The van der Waals surface area contributed by atoms with E-state index in [1.165, 1.54) is 0 Å². The Hall–Kier alpha value is -2.22. The molecule has 1 saturated carbocycles. The van der Waals surface area contributed by atoms with Crippen molar-refractivity contribution in [3.63, 3.8) is 0 Å². The van der Waals surface area contributed by atoms with Crippen molar-refractivity contribution in [3.8, 4) is 11.5 Å². The van der Waals surface area contributed by atoms with Crippen molar-refractivity contribution < 1.29 is 9.32 Å². The first-order chi connectivity index (χ1) is 13.1. The van der Waals surface area contributed by atoms with E-state index in [1.807, 2.05) is 13.2 Å². The quantitative estimate of drug-likeness (QED) is 0.531. The van der Waals surface area contributed by atoms with Gasteiger partial charge >= 0.3 is 0 Å². The number of nitrogens with one attached hydrogen (secondary N) is 1. The number of carbonyl (C=O) groups is 1. The predicted molar refractivity (Wildman–Crippen MR) is 102 cm³/mol. The van der Waals surface area contributed by atoms with Crippen LogP contribution < -0.4 is 0 Å². The average molecular weight is 383 g/mol. The second kappa shape index (κ2) is 6.15. The van der Waals surface area contributed by atoms with Crippen molar-refractivity contribution in [2.45, 2.75) is 62.3 Å². The third kappa shape index (κ3) is 2.38. The summed E-state index contributed by atoms with van der Waals surface area (Å²) in [5.41, 5.74) is 2.79. The van der Waals surface area contributed by atoms with Crippen LogP contribution in [0.3, 0.4) is 0 Å². The highest BCUT2D eigenvalue weighted by Gasteiger charge is 2.48. The molecule has 8 heteroatoms. The van der Waals surface area contributed by atoms with E-state index in [0.717, 1.165) is 66.0 Å². The lowest BCUT2D eigenvalue weighted by Crippen LogP contribution is -2.41. The summed E-state index contributed by atoms with van der Waals surface area (Å²) in [6.07, 6.45) is 8.21. The second-order valence-electron chi connectivity index (χ2n) is 7.51. The second-order valence-corrected chi connectivity index (χ2v) is 8.30. The molecule has 1 atom stereocenters. The molecular formula is C19H21N5O2S. The summed E-state index contributed by atoms with van der Waals surface area (Å²) < 4.78 is 5.81. The maximum Gasteiger partial charge on any atom is 0.186 e. The van der Waals surface area contributed by atoms with Crippen LogP contribution in [0.4, 0.5) is 0 Å². The summed E-state index contributed by atoms with van der Waals surface area (Å²) in [6, 6.07) is 0. The molecule has 0 aliphatic heterocycles. The summed E-state index contributed by atoms with van der Waals surface area (Å²) in [5.74, 6) is 1.60. The number of hydrogen-bond donors (Lipinski definition) is 1. The molecule has 2 aliphatic rings. The maximum absolute atomic E-state index is 12.8. The van der Waals surface area contributed by atoms with Gasteiger partial charge in [-0.05, 0) is 45.3 Å². The van der Waals surface area contributed by atoms with E-state index < -0.39 is 5.41 Å². The Bertz CT molecular complexity index is 1060. The van der Waals surface area contributed by atoms with E-state index >= 15 is 0 Å². The fraction of sp³-hybridized carbons (Fsp3) is 0.526. The Kier molecular flexibility index (Phi) is 3.86. The van der Waals surface area contributed by atoms with Crippen LogP contribution >= 0.6 is 11.8 Å². The molecule has 7 nitrogen and oxygen atoms in total. The standard InChI is InChI=1S/C19H21N5O2S/c1-10-13-16(23-22-10)20-17(21-18(13)27-2)14-11-6-5-9-19(15(11)26-24-14)8-4-3-7-12(19)25/h3-9H2,1-2H3,(H,20,21,22,23)/t19-/m1/s1. The topological polar surface area (TPSA) is 97.6 Å². The smallest absolute Gasteiger partial charge is 0.186 e. The zero-order valence-electron chi connectivity index (χ0n) is 15.5. The number of nitrogens with zero attached hydrogens (tertiary/aromatic N) is 4. The van der Waals surface area contributed by atoms with Gasteiger partial charge in [-0.15, -0.1) is 11.8 Å². The van der Waals surface area contributed by atoms with Gasteiger partial charge in [0.05, 0.1) is 10.8 Å². The van der Waals surface area contributed by atoms with Crippen molar-refractivity contribution in [3.05, 3.63) is 17.0 Å². The van der Waals surface area contributed by atoms with E-state index in [4.69, 9.17) is 9.51 Å². The van der Waals surface area contributed by atoms with Gasteiger partial charge in [-0.25, -0.2) is 9.97 Å². The molecule has 1 N–H and O–H groups in total. The van der Waals surface area contributed by atoms with Crippen LogP contribution in [0.25, 0.3) is 22.6 Å². The summed E-state index contributed by atoms with van der Waals surface area (Å²) in [6.45, 7) is 1.97. The molecule has 3 aromatic rings. The largest absolute Gasteiger partial charge is 0.359 e. The van der Waals surface area contributed by atoms with Gasteiger partial charge in [0.2, 0.25) is 0 Å². The van der Waals surface area contributed by atoms with Crippen LogP contribution in [0, 0.1) is 6.92 Å². The van der Waals surface area contributed by atoms with Crippen LogP contribution in [0.1, 0.15) is 55.5 Å². The SMILES string of the molecule is CSc1nc(-c2noc3c2CCC[C@@]32CCCCC2=O)nc2n[nH]c(C)c12. The Morgan fingerprint density at radius 1 is 1.15 bits per heavy atom. The van der Waals surface area contributed by atoms with Crippen LogP contribution in [0.5, 0.6) is 0 Å². The number of carbonyl (C=O) groups excluding carboxylic acids is 1. The molecule has 3 heterocycles. The Labute approximate surface area is 160 Å². The molecule has 1 fully saturated rings. The number of aryl methyl sites for hydroxylation is 1. The minimum atomic E-state index is -0.480. The van der Waals surface area contributed by atoms with Gasteiger partial charge in [0.25, 0.3) is 0 Å². The normalized spacial score (nSPS) is 22.5. The molecule has 0 radical (unpaired) electrons. The zero-order chi connectivity index (χ0) is 18.6. The van der Waals surface area contributed by atoms with E-state index in [0.29, 0.717) is 29.4 Å². The minimum Gasteiger partial charge on any atom is -0.359 e. The van der Waals surface area contributed by atoms with Crippen molar-refractivity contribution in [2.24, 2.45) is 0 Å². The number of aromatic amines is 1. The van der Waals surface area contributed by atoms with E-state index in [1.54, 1.807) is 11.8 Å². The number of rotatable bonds is 2. The zero-order valence-corrected chi connectivity index (χ0v) is 16.3. The molecule has 0 aromatic carbocycles. The highest BCUT2D eigenvalue weighted by molar-refractivity contribution is 7.98. The Morgan fingerprint density at radius 2 is 2.00 bits per heavy atom. The lowest BCUT2D eigenvalue weighted by Gasteiger charge is -2.36. The number of aromatic nitrogens is 5. The number of fused-ring (bicyclic) bond motifs is 3. The van der Waals surface area contributed by atoms with Crippen molar-refractivity contribution in [1.82, 2.24) is 25.3 Å². The molecule has 2 aliphatic carbocycles. The Balaban J connectivity index is 1.67. The first-order valence-corrected chi connectivity index (χ1v) is 10.7. The molecule has 0 amide bonds. The fourth-order valence-electron chi connectivity index (χ4n) is 4.65. The van der Waals surface area contributed by atoms with Gasteiger partial charge in [-0.3, -0.25) is 9.89 Å². The minimum absolute atomic E-state index is 0.307. The van der Waals surface area contributed by atoms with Crippen molar-refractivity contribution >= 4 is 28.6 Å². The molecule has 0 bridgehead atoms. The number of thioether (sulfide) groups is 1. The van der Waals surface area contributed by atoms with Crippen molar-refractivity contribution in [2.75, 3.05) is 6.26 Å². The lowest BCUT2D eigenvalue weighted by molar-refractivity contribution is -0.128. The first kappa shape index (κ1) is 16.9. The third-order valence-electron chi connectivity index (χ3n) is 6.01. The number of ketones is 1. The molecule has 140 valence electrons. The number of H-pyrrole nitrogens is 1. The summed E-state index contributed by atoms with van der Waals surface area (Å²) in [4.78, 5) is 22.2. The third-order valence-corrected chi connectivity index (χ3v) is 6.69. The first-order valence-electron chi connectivity index (χ1n) is 9.43. The number of hydrogen-bond acceptors (Lipinski definition) is 7. The Morgan fingerprint density at radius 3 is 2.81 bits per heavy atom. The number of Topliss-reactive ketones (excluding diaryl/α,β-unsaturated/α-hetero) is 1. The summed E-state index contributed by atoms with van der Waals surface area (Å²) >= 11 is 1.56. The van der Waals surface area contributed by atoms with Crippen LogP contribution in [-0.2, 0) is 16.6 Å². The summed E-state index contributed by atoms with van der Waals surface area (Å²) in [7, 11) is 0. The van der Waals surface area contributed by atoms with E-state index in [-0.39, 0.29) is 0 Å². The summed E-state index contributed by atoms with van der Waals surface area (Å²) in [5, 5.41) is 13.4. The van der Waals surface area contributed by atoms with Gasteiger partial charge in [-0.2, -0.15) is 5.10 Å².